The van der Waals surface area contributed by atoms with Crippen molar-refractivity contribution >= 4 is 5.97 Å². The second-order valence-corrected chi connectivity index (χ2v) is 5.90. The number of fused-ring (bicyclic) bond motifs is 1. The predicted octanol–water partition coefficient (Wildman–Crippen LogP) is 3.02. The number of halogens is 1. The topological polar surface area (TPSA) is 46.5 Å². The molecule has 0 aromatic heterocycles. The average Bonchev–Trinajstić information content (AvgIpc) is 3.11. The summed E-state index contributed by atoms with van der Waals surface area (Å²) < 4.78 is 18.9. The lowest BCUT2D eigenvalue weighted by molar-refractivity contribution is -0.151. The molecule has 1 N–H and O–H groups in total. The van der Waals surface area contributed by atoms with Crippen LogP contribution in [0.25, 0.3) is 0 Å². The van der Waals surface area contributed by atoms with Crippen molar-refractivity contribution in [2.75, 3.05) is 0 Å². The number of carbonyl (C=O) groups is 1. The van der Waals surface area contributed by atoms with Gasteiger partial charge in [0.2, 0.25) is 0 Å². The predicted molar refractivity (Wildman–Crippen MR) is 67.6 cm³/mol. The summed E-state index contributed by atoms with van der Waals surface area (Å²) in [6.45, 7) is 1.81. The zero-order valence-corrected chi connectivity index (χ0v) is 10.9. The summed E-state index contributed by atoms with van der Waals surface area (Å²) in [5.41, 5.74) is 0.124. The highest BCUT2D eigenvalue weighted by Crippen LogP contribution is 2.49. The molecule has 1 saturated carbocycles. The van der Waals surface area contributed by atoms with Gasteiger partial charge in [-0.1, -0.05) is 0 Å². The van der Waals surface area contributed by atoms with Gasteiger partial charge < -0.3 is 9.84 Å². The van der Waals surface area contributed by atoms with E-state index in [-0.39, 0.29) is 17.8 Å². The maximum Gasteiger partial charge on any atom is 0.309 e. The standard InChI is InChI=1S/C15H17FO3/c1-15(14(17)18,10-2-3-10)8-12-7-9-6-11(16)4-5-13(9)19-12/h4-6,10,12H,2-3,7-8H2,1H3,(H,17,18). The molecule has 1 heterocycles. The molecule has 2 aliphatic rings. The van der Waals surface area contributed by atoms with Crippen LogP contribution in [0.1, 0.15) is 31.7 Å². The highest BCUT2D eigenvalue weighted by atomic mass is 19.1. The Morgan fingerprint density at radius 2 is 2.26 bits per heavy atom. The normalized spacial score (nSPS) is 24.4. The molecule has 1 fully saturated rings. The van der Waals surface area contributed by atoms with Crippen LogP contribution in [0.15, 0.2) is 18.2 Å². The third-order valence-corrected chi connectivity index (χ3v) is 4.38. The molecule has 0 radical (unpaired) electrons. The smallest absolute Gasteiger partial charge is 0.309 e. The molecule has 19 heavy (non-hydrogen) atoms. The zero-order valence-electron chi connectivity index (χ0n) is 10.9. The van der Waals surface area contributed by atoms with Gasteiger partial charge in [0, 0.05) is 18.4 Å². The first-order valence-electron chi connectivity index (χ1n) is 6.67. The third-order valence-electron chi connectivity index (χ3n) is 4.38. The monoisotopic (exact) mass is 264 g/mol. The largest absolute Gasteiger partial charge is 0.490 e. The highest BCUT2D eigenvalue weighted by molar-refractivity contribution is 5.75. The van der Waals surface area contributed by atoms with Crippen LogP contribution in [0.3, 0.4) is 0 Å². The second-order valence-electron chi connectivity index (χ2n) is 5.90. The van der Waals surface area contributed by atoms with E-state index in [1.54, 1.807) is 13.0 Å². The Morgan fingerprint density at radius 1 is 1.53 bits per heavy atom. The molecule has 0 saturated heterocycles. The Kier molecular flexibility index (Phi) is 2.77. The van der Waals surface area contributed by atoms with Crippen LogP contribution in [0, 0.1) is 17.2 Å². The van der Waals surface area contributed by atoms with Crippen molar-refractivity contribution in [3.63, 3.8) is 0 Å². The fourth-order valence-corrected chi connectivity index (χ4v) is 3.02. The maximum atomic E-state index is 13.1. The Bertz CT molecular complexity index is 524. The number of rotatable bonds is 4. The summed E-state index contributed by atoms with van der Waals surface area (Å²) in [7, 11) is 0. The number of benzene rings is 1. The lowest BCUT2D eigenvalue weighted by atomic mass is 9.79. The van der Waals surface area contributed by atoms with E-state index in [9.17, 15) is 14.3 Å². The SMILES string of the molecule is CC(CC1Cc2cc(F)ccc2O1)(C(=O)O)C1CC1. The van der Waals surface area contributed by atoms with Crippen molar-refractivity contribution in [3.05, 3.63) is 29.6 Å². The average molecular weight is 264 g/mol. The van der Waals surface area contributed by atoms with Crippen molar-refractivity contribution in [1.29, 1.82) is 0 Å². The fourth-order valence-electron chi connectivity index (χ4n) is 3.02. The molecule has 102 valence electrons. The molecule has 2 atom stereocenters. The van der Waals surface area contributed by atoms with E-state index in [1.807, 2.05) is 0 Å². The van der Waals surface area contributed by atoms with Gasteiger partial charge in [-0.05, 0) is 43.9 Å². The minimum absolute atomic E-state index is 0.154. The van der Waals surface area contributed by atoms with Crippen molar-refractivity contribution in [1.82, 2.24) is 0 Å². The van der Waals surface area contributed by atoms with Crippen LogP contribution in [0.4, 0.5) is 4.39 Å². The Hall–Kier alpha value is -1.58. The highest BCUT2D eigenvalue weighted by Gasteiger charge is 2.49. The van der Waals surface area contributed by atoms with Gasteiger partial charge >= 0.3 is 5.97 Å². The van der Waals surface area contributed by atoms with Crippen molar-refractivity contribution in [2.24, 2.45) is 11.3 Å². The van der Waals surface area contributed by atoms with E-state index in [0.717, 1.165) is 18.4 Å². The minimum Gasteiger partial charge on any atom is -0.490 e. The van der Waals surface area contributed by atoms with Gasteiger partial charge in [-0.2, -0.15) is 0 Å². The van der Waals surface area contributed by atoms with E-state index < -0.39 is 11.4 Å². The summed E-state index contributed by atoms with van der Waals surface area (Å²) in [4.78, 5) is 11.5. The van der Waals surface area contributed by atoms with Gasteiger partial charge in [0.25, 0.3) is 0 Å². The van der Waals surface area contributed by atoms with Gasteiger partial charge in [-0.3, -0.25) is 4.79 Å². The molecule has 1 aliphatic heterocycles. The molecular formula is C15H17FO3. The quantitative estimate of drug-likeness (QED) is 0.909. The Labute approximate surface area is 111 Å². The second kappa shape index (κ2) is 4.22. The third kappa shape index (κ3) is 2.20. The van der Waals surface area contributed by atoms with Gasteiger partial charge in [0.05, 0.1) is 5.41 Å². The first-order chi connectivity index (χ1) is 8.99. The number of carboxylic acid groups (broad SMARTS) is 1. The van der Waals surface area contributed by atoms with Gasteiger partial charge in [-0.25, -0.2) is 4.39 Å². The lowest BCUT2D eigenvalue weighted by Gasteiger charge is -2.27. The Morgan fingerprint density at radius 3 is 2.89 bits per heavy atom. The number of hydrogen-bond donors (Lipinski definition) is 1. The molecule has 1 aliphatic carbocycles. The van der Waals surface area contributed by atoms with Crippen LogP contribution in [0.2, 0.25) is 0 Å². The lowest BCUT2D eigenvalue weighted by Crippen LogP contribution is -2.35. The van der Waals surface area contributed by atoms with Crippen molar-refractivity contribution in [3.8, 4) is 5.75 Å². The molecule has 1 aromatic rings. The van der Waals surface area contributed by atoms with Gasteiger partial charge in [-0.15, -0.1) is 0 Å². The molecule has 3 nitrogen and oxygen atoms in total. The Balaban J connectivity index is 1.74. The van der Waals surface area contributed by atoms with Crippen LogP contribution in [-0.2, 0) is 11.2 Å². The molecule has 0 bridgehead atoms. The van der Waals surface area contributed by atoms with E-state index in [0.29, 0.717) is 18.6 Å². The molecule has 0 spiro atoms. The fraction of sp³-hybridized carbons (Fsp3) is 0.533. The van der Waals surface area contributed by atoms with Crippen LogP contribution >= 0.6 is 0 Å². The van der Waals surface area contributed by atoms with Crippen LogP contribution < -0.4 is 4.74 Å². The van der Waals surface area contributed by atoms with Crippen LogP contribution in [-0.4, -0.2) is 17.2 Å². The molecule has 3 rings (SSSR count). The molecule has 0 amide bonds. The summed E-state index contributed by atoms with van der Waals surface area (Å²) in [5.74, 6) is -0.0732. The minimum atomic E-state index is -0.749. The van der Waals surface area contributed by atoms with Gasteiger partial charge in [0.1, 0.15) is 17.7 Å². The van der Waals surface area contributed by atoms with Gasteiger partial charge in [0.15, 0.2) is 0 Å². The summed E-state index contributed by atoms with van der Waals surface area (Å²) >= 11 is 0. The van der Waals surface area contributed by atoms with E-state index in [1.165, 1.54) is 12.1 Å². The summed E-state index contributed by atoms with van der Waals surface area (Å²) in [5, 5.41) is 9.45. The van der Waals surface area contributed by atoms with Crippen LogP contribution in [0.5, 0.6) is 5.75 Å². The summed E-state index contributed by atoms with van der Waals surface area (Å²) in [6, 6.07) is 4.48. The molecular weight excluding hydrogens is 247 g/mol. The number of ether oxygens (including phenoxy) is 1. The van der Waals surface area contributed by atoms with E-state index in [2.05, 4.69) is 0 Å². The molecule has 2 unspecified atom stereocenters. The molecule has 1 aromatic carbocycles. The number of aliphatic carboxylic acids is 1. The first-order valence-corrected chi connectivity index (χ1v) is 6.67. The van der Waals surface area contributed by atoms with Crippen molar-refractivity contribution in [2.45, 2.75) is 38.7 Å². The maximum absolute atomic E-state index is 13.1. The number of carboxylic acids is 1. The van der Waals surface area contributed by atoms with E-state index in [4.69, 9.17) is 4.74 Å². The van der Waals surface area contributed by atoms with Crippen molar-refractivity contribution < 1.29 is 19.0 Å². The molecule has 4 heteroatoms. The number of hydrogen-bond acceptors (Lipinski definition) is 2. The first kappa shape index (κ1) is 12.5. The summed E-state index contributed by atoms with van der Waals surface area (Å²) in [6.07, 6.45) is 2.90. The van der Waals surface area contributed by atoms with E-state index >= 15 is 0 Å². The zero-order chi connectivity index (χ0) is 13.6.